The van der Waals surface area contributed by atoms with Gasteiger partial charge < -0.3 is 15.5 Å². The number of aromatic nitrogens is 1. The number of urea groups is 1. The van der Waals surface area contributed by atoms with E-state index in [1.807, 2.05) is 19.1 Å². The molecule has 6 nitrogen and oxygen atoms in total. The molecule has 2 aromatic rings. The van der Waals surface area contributed by atoms with Crippen LogP contribution in [-0.2, 0) is 11.5 Å². The quantitative estimate of drug-likeness (QED) is 0.432. The number of amides is 3. The van der Waals surface area contributed by atoms with Crippen LogP contribution in [-0.4, -0.2) is 41.0 Å². The number of anilines is 1. The normalized spacial score (nSPS) is 17.3. The molecule has 0 bridgehead atoms. The highest BCUT2D eigenvalue weighted by molar-refractivity contribution is 6.32. The predicted octanol–water partition coefficient (Wildman–Crippen LogP) is 6.73. The Kier molecular flexibility index (Phi) is 8.86. The number of benzene rings is 1. The highest BCUT2D eigenvalue weighted by atomic mass is 35.5. The van der Waals surface area contributed by atoms with Crippen LogP contribution in [0.1, 0.15) is 68.2 Å². The summed E-state index contributed by atoms with van der Waals surface area (Å²) in [7, 11) is 0. The lowest BCUT2D eigenvalue weighted by molar-refractivity contribution is -0.123. The Hall–Kier alpha value is -2.64. The minimum Gasteiger partial charge on any atom is -0.353 e. The number of halogens is 3. The molecule has 2 aliphatic rings. The molecule has 1 saturated carbocycles. The number of carbonyl (C=O) groups is 2. The molecule has 0 radical (unpaired) electrons. The summed E-state index contributed by atoms with van der Waals surface area (Å²) in [6, 6.07) is 6.55. The Morgan fingerprint density at radius 1 is 1.17 bits per heavy atom. The molecule has 2 N–H and O–H groups in total. The van der Waals surface area contributed by atoms with Gasteiger partial charge in [0, 0.05) is 41.6 Å². The van der Waals surface area contributed by atoms with Crippen LogP contribution in [0, 0.1) is 0 Å². The van der Waals surface area contributed by atoms with Gasteiger partial charge in [-0.1, -0.05) is 54.6 Å². The second kappa shape index (κ2) is 12.1. The summed E-state index contributed by atoms with van der Waals surface area (Å²) in [4.78, 5) is 31.6. The molecule has 1 unspecified atom stereocenters. The lowest BCUT2D eigenvalue weighted by atomic mass is 9.94. The average Bonchev–Trinajstić information content (AvgIpc) is 2.89. The average molecular weight is 533 g/mol. The summed E-state index contributed by atoms with van der Waals surface area (Å²) in [6.45, 7) is 2.11. The molecule has 0 saturated heterocycles. The molecule has 192 valence electrons. The Bertz CT molecular complexity index is 1150. The van der Waals surface area contributed by atoms with Crippen molar-refractivity contribution in [3.8, 4) is 0 Å². The van der Waals surface area contributed by atoms with Crippen molar-refractivity contribution in [2.45, 2.75) is 64.1 Å². The summed E-state index contributed by atoms with van der Waals surface area (Å²) >= 11 is 12.6. The first-order chi connectivity index (χ1) is 17.4. The van der Waals surface area contributed by atoms with Gasteiger partial charge >= 0.3 is 6.03 Å². The van der Waals surface area contributed by atoms with Crippen LogP contribution in [0.4, 0.5) is 14.9 Å². The van der Waals surface area contributed by atoms with E-state index in [2.05, 4.69) is 15.6 Å². The van der Waals surface area contributed by atoms with Crippen LogP contribution in [0.5, 0.6) is 0 Å². The largest absolute Gasteiger partial charge is 0.353 e. The zero-order valence-corrected chi connectivity index (χ0v) is 21.8. The minimum atomic E-state index is -0.656. The summed E-state index contributed by atoms with van der Waals surface area (Å²) in [5, 5.41) is 6.74. The SMILES string of the molecule is CC(C(=O)NC1CCCCC1)c1cnc(C2=CCN(C(=O)Nc3ccc(CF)c(Cl)c3)CC2)c(Cl)c1. The number of rotatable bonds is 6. The lowest BCUT2D eigenvalue weighted by Crippen LogP contribution is -2.38. The highest BCUT2D eigenvalue weighted by Crippen LogP contribution is 2.30. The van der Waals surface area contributed by atoms with E-state index >= 15 is 0 Å². The number of nitrogens with zero attached hydrogens (tertiary/aromatic N) is 2. The van der Waals surface area contributed by atoms with Crippen molar-refractivity contribution in [2.24, 2.45) is 0 Å². The molecule has 2 heterocycles. The third-order valence-electron chi connectivity index (χ3n) is 6.96. The van der Waals surface area contributed by atoms with Gasteiger partial charge in [-0.15, -0.1) is 0 Å². The third kappa shape index (κ3) is 6.37. The molecular weight excluding hydrogens is 502 g/mol. The molecule has 3 amide bonds. The molecule has 0 spiro atoms. The molecule has 1 aromatic carbocycles. The van der Waals surface area contributed by atoms with E-state index in [4.69, 9.17) is 23.2 Å². The third-order valence-corrected chi connectivity index (χ3v) is 7.60. The maximum atomic E-state index is 12.8. The fourth-order valence-corrected chi connectivity index (χ4v) is 5.18. The number of carbonyl (C=O) groups excluding carboxylic acids is 2. The zero-order valence-electron chi connectivity index (χ0n) is 20.3. The molecule has 9 heteroatoms. The Morgan fingerprint density at radius 3 is 2.58 bits per heavy atom. The Balaban J connectivity index is 1.36. The van der Waals surface area contributed by atoms with Crippen molar-refractivity contribution >= 4 is 46.4 Å². The van der Waals surface area contributed by atoms with Crippen molar-refractivity contribution in [1.29, 1.82) is 0 Å². The molecule has 36 heavy (non-hydrogen) atoms. The fraction of sp³-hybridized carbons (Fsp3) is 0.444. The molecule has 1 atom stereocenters. The molecule has 1 fully saturated rings. The molecular formula is C27H31Cl2FN4O2. The van der Waals surface area contributed by atoms with Gasteiger partial charge in [-0.3, -0.25) is 9.78 Å². The van der Waals surface area contributed by atoms with Crippen LogP contribution in [0.15, 0.2) is 36.5 Å². The summed E-state index contributed by atoms with van der Waals surface area (Å²) in [5.74, 6) is -0.329. The van der Waals surface area contributed by atoms with E-state index in [0.717, 1.165) is 36.8 Å². The summed E-state index contributed by atoms with van der Waals surface area (Å²) < 4.78 is 12.8. The van der Waals surface area contributed by atoms with Gasteiger partial charge in [-0.05, 0) is 55.5 Å². The van der Waals surface area contributed by atoms with Crippen LogP contribution in [0.25, 0.3) is 5.57 Å². The van der Waals surface area contributed by atoms with E-state index in [1.54, 1.807) is 29.3 Å². The van der Waals surface area contributed by atoms with E-state index in [0.29, 0.717) is 41.5 Å². The van der Waals surface area contributed by atoms with Crippen LogP contribution >= 0.6 is 23.2 Å². The van der Waals surface area contributed by atoms with Crippen molar-refractivity contribution in [3.05, 3.63) is 63.4 Å². The van der Waals surface area contributed by atoms with Crippen molar-refractivity contribution in [3.63, 3.8) is 0 Å². The first-order valence-corrected chi connectivity index (χ1v) is 13.2. The fourth-order valence-electron chi connectivity index (χ4n) is 4.65. The van der Waals surface area contributed by atoms with Crippen LogP contribution in [0.3, 0.4) is 0 Å². The monoisotopic (exact) mass is 532 g/mol. The van der Waals surface area contributed by atoms with Crippen molar-refractivity contribution in [2.75, 3.05) is 18.4 Å². The predicted molar refractivity (Wildman–Crippen MR) is 142 cm³/mol. The number of pyridine rings is 1. The van der Waals surface area contributed by atoms with E-state index in [9.17, 15) is 14.0 Å². The minimum absolute atomic E-state index is 0.00618. The van der Waals surface area contributed by atoms with Crippen molar-refractivity contribution in [1.82, 2.24) is 15.2 Å². The van der Waals surface area contributed by atoms with Crippen LogP contribution in [0.2, 0.25) is 10.0 Å². The van der Waals surface area contributed by atoms with Gasteiger partial charge in [-0.2, -0.15) is 0 Å². The van der Waals surface area contributed by atoms with Gasteiger partial charge in [-0.25, -0.2) is 9.18 Å². The molecule has 1 aromatic heterocycles. The van der Waals surface area contributed by atoms with Gasteiger partial charge in [0.15, 0.2) is 0 Å². The standard InChI is InChI=1S/C27H31Cl2FN4O2/c1-17(26(35)32-21-5-3-2-4-6-21)20-13-24(29)25(31-16-20)18-9-11-34(12-10-18)27(36)33-22-8-7-19(15-30)23(28)14-22/h7-9,13-14,16-17,21H,2-6,10-12,15H2,1H3,(H,32,35)(H,33,36). The van der Waals surface area contributed by atoms with Crippen LogP contribution < -0.4 is 10.6 Å². The van der Waals surface area contributed by atoms with E-state index in [1.165, 1.54) is 6.42 Å². The number of hydrogen-bond donors (Lipinski definition) is 2. The van der Waals surface area contributed by atoms with Gasteiger partial charge in [0.1, 0.15) is 6.67 Å². The molecule has 1 aliphatic carbocycles. The molecule has 1 aliphatic heterocycles. The summed E-state index contributed by atoms with van der Waals surface area (Å²) in [6.07, 6.45) is 9.91. The number of nitrogens with one attached hydrogen (secondary N) is 2. The highest BCUT2D eigenvalue weighted by Gasteiger charge is 2.24. The van der Waals surface area contributed by atoms with E-state index < -0.39 is 6.67 Å². The molecule has 4 rings (SSSR count). The topological polar surface area (TPSA) is 74.3 Å². The second-order valence-corrected chi connectivity index (χ2v) is 10.3. The first-order valence-electron chi connectivity index (χ1n) is 12.4. The van der Waals surface area contributed by atoms with E-state index in [-0.39, 0.29) is 28.9 Å². The Morgan fingerprint density at radius 2 is 1.94 bits per heavy atom. The second-order valence-electron chi connectivity index (χ2n) is 9.46. The van der Waals surface area contributed by atoms with Gasteiger partial charge in [0.25, 0.3) is 0 Å². The van der Waals surface area contributed by atoms with Gasteiger partial charge in [0.2, 0.25) is 5.91 Å². The van der Waals surface area contributed by atoms with Gasteiger partial charge in [0.05, 0.1) is 16.6 Å². The maximum absolute atomic E-state index is 12.8. The first kappa shape index (κ1) is 26.4. The lowest BCUT2D eigenvalue weighted by Gasteiger charge is -2.27. The summed E-state index contributed by atoms with van der Waals surface area (Å²) in [5.41, 5.74) is 3.32. The zero-order chi connectivity index (χ0) is 25.7. The Labute approximate surface area is 221 Å². The number of hydrogen-bond acceptors (Lipinski definition) is 3. The smallest absolute Gasteiger partial charge is 0.322 e. The maximum Gasteiger partial charge on any atom is 0.322 e. The van der Waals surface area contributed by atoms with Crippen molar-refractivity contribution < 1.29 is 14.0 Å². The number of alkyl halides is 1.